The van der Waals surface area contributed by atoms with Crippen molar-refractivity contribution in [3.8, 4) is 0 Å². The number of amides is 1. The van der Waals surface area contributed by atoms with Gasteiger partial charge in [0.25, 0.3) is 0 Å². The van der Waals surface area contributed by atoms with Crippen LogP contribution in [0.2, 0.25) is 0 Å². The van der Waals surface area contributed by atoms with Crippen LogP contribution in [0.1, 0.15) is 19.4 Å². The molecular weight excluding hydrogens is 276 g/mol. The summed E-state index contributed by atoms with van der Waals surface area (Å²) in [5.41, 5.74) is 1.15. The van der Waals surface area contributed by atoms with Crippen LogP contribution in [-0.4, -0.2) is 31.5 Å². The topological polar surface area (TPSA) is 65.5 Å². The highest BCUT2D eigenvalue weighted by Crippen LogP contribution is 1.99. The van der Waals surface area contributed by atoms with Crippen LogP contribution in [0.5, 0.6) is 0 Å². The second-order valence-electron chi connectivity index (χ2n) is 5.19. The third-order valence-corrected chi connectivity index (χ3v) is 2.92. The Kier molecular flexibility index (Phi) is 8.42. The fourth-order valence-electron chi connectivity index (χ4n) is 1.67. The summed E-state index contributed by atoms with van der Waals surface area (Å²) >= 11 is 0. The number of carbonyl (C=O) groups excluding carboxylic acids is 1. The number of nitrogens with zero attached hydrogens (tertiary/aromatic N) is 1. The number of aliphatic imine (C=N–C) groups is 1. The fourth-order valence-corrected chi connectivity index (χ4v) is 1.67. The van der Waals surface area contributed by atoms with Gasteiger partial charge in [0, 0.05) is 25.6 Å². The molecule has 0 saturated carbocycles. The lowest BCUT2D eigenvalue weighted by Crippen LogP contribution is -2.42. The first-order valence-electron chi connectivity index (χ1n) is 7.58. The quantitative estimate of drug-likeness (QED) is 0.296. The second-order valence-corrected chi connectivity index (χ2v) is 5.19. The van der Waals surface area contributed by atoms with Crippen LogP contribution >= 0.6 is 0 Å². The van der Waals surface area contributed by atoms with Crippen molar-refractivity contribution in [2.45, 2.75) is 20.4 Å². The van der Waals surface area contributed by atoms with Gasteiger partial charge in [0.2, 0.25) is 5.91 Å². The molecule has 0 heterocycles. The largest absolute Gasteiger partial charge is 0.355 e. The van der Waals surface area contributed by atoms with Crippen molar-refractivity contribution in [1.29, 1.82) is 0 Å². The van der Waals surface area contributed by atoms with Gasteiger partial charge in [-0.25, -0.2) is 4.99 Å². The zero-order valence-electron chi connectivity index (χ0n) is 13.4. The summed E-state index contributed by atoms with van der Waals surface area (Å²) in [5, 5.41) is 9.22. The van der Waals surface area contributed by atoms with Gasteiger partial charge in [0.15, 0.2) is 5.96 Å². The maximum absolute atomic E-state index is 11.5. The predicted molar refractivity (Wildman–Crippen MR) is 91.6 cm³/mol. The Morgan fingerprint density at radius 3 is 2.50 bits per heavy atom. The van der Waals surface area contributed by atoms with E-state index < -0.39 is 0 Å². The first-order chi connectivity index (χ1) is 10.6. The molecule has 22 heavy (non-hydrogen) atoms. The summed E-state index contributed by atoms with van der Waals surface area (Å²) in [6, 6.07) is 10.1. The molecule has 0 spiro atoms. The second kappa shape index (κ2) is 10.4. The zero-order valence-corrected chi connectivity index (χ0v) is 13.4. The highest BCUT2D eigenvalue weighted by molar-refractivity contribution is 5.80. The zero-order chi connectivity index (χ0) is 16.2. The monoisotopic (exact) mass is 302 g/mol. The van der Waals surface area contributed by atoms with Gasteiger partial charge in [0.05, 0.1) is 6.54 Å². The maximum atomic E-state index is 11.5. The van der Waals surface area contributed by atoms with Gasteiger partial charge < -0.3 is 16.0 Å². The van der Waals surface area contributed by atoms with Crippen LogP contribution in [-0.2, 0) is 11.3 Å². The average molecular weight is 302 g/mol. The molecule has 1 aromatic carbocycles. The molecule has 1 aromatic rings. The number of hydrogen-bond donors (Lipinski definition) is 3. The van der Waals surface area contributed by atoms with Crippen LogP contribution in [0.3, 0.4) is 0 Å². The SMILES string of the molecule is C=CCNC(=NCc1ccccc1)NCCNC(=O)C(C)C. The number of carbonyl (C=O) groups is 1. The van der Waals surface area contributed by atoms with Crippen LogP contribution in [0.25, 0.3) is 0 Å². The van der Waals surface area contributed by atoms with Crippen molar-refractivity contribution >= 4 is 11.9 Å². The van der Waals surface area contributed by atoms with Gasteiger partial charge in [0.1, 0.15) is 0 Å². The van der Waals surface area contributed by atoms with Crippen molar-refractivity contribution < 1.29 is 4.79 Å². The smallest absolute Gasteiger partial charge is 0.222 e. The first kappa shape index (κ1) is 17.8. The van der Waals surface area contributed by atoms with E-state index in [-0.39, 0.29) is 11.8 Å². The van der Waals surface area contributed by atoms with Crippen molar-refractivity contribution in [1.82, 2.24) is 16.0 Å². The van der Waals surface area contributed by atoms with Crippen molar-refractivity contribution in [3.63, 3.8) is 0 Å². The van der Waals surface area contributed by atoms with E-state index in [4.69, 9.17) is 0 Å². The molecule has 120 valence electrons. The van der Waals surface area contributed by atoms with Gasteiger partial charge >= 0.3 is 0 Å². The van der Waals surface area contributed by atoms with Crippen LogP contribution < -0.4 is 16.0 Å². The predicted octanol–water partition coefficient (Wildman–Crippen LogP) is 1.68. The standard InChI is InChI=1S/C17H26N4O/c1-4-10-19-17(20-12-11-18-16(22)14(2)3)21-13-15-8-6-5-7-9-15/h4-9,14H,1,10-13H2,2-3H3,(H,18,22)(H2,19,20,21). The molecule has 1 amide bonds. The van der Waals surface area contributed by atoms with Gasteiger partial charge in [-0.05, 0) is 5.56 Å². The average Bonchev–Trinajstić information content (AvgIpc) is 2.53. The highest BCUT2D eigenvalue weighted by Gasteiger charge is 2.05. The number of guanidine groups is 1. The van der Waals surface area contributed by atoms with E-state index >= 15 is 0 Å². The lowest BCUT2D eigenvalue weighted by molar-refractivity contribution is -0.123. The minimum Gasteiger partial charge on any atom is -0.355 e. The molecule has 0 bridgehead atoms. The minimum atomic E-state index is 0.00473. The van der Waals surface area contributed by atoms with Gasteiger partial charge in [-0.2, -0.15) is 0 Å². The molecule has 0 atom stereocenters. The number of benzene rings is 1. The lowest BCUT2D eigenvalue weighted by atomic mass is 10.2. The van der Waals surface area contributed by atoms with Gasteiger partial charge in [-0.15, -0.1) is 6.58 Å². The Bertz CT molecular complexity index is 483. The van der Waals surface area contributed by atoms with Crippen molar-refractivity contribution in [2.75, 3.05) is 19.6 Å². The molecule has 0 fully saturated rings. The summed E-state index contributed by atoms with van der Waals surface area (Å²) < 4.78 is 0. The van der Waals surface area contributed by atoms with E-state index in [1.165, 1.54) is 0 Å². The molecule has 0 aliphatic rings. The van der Waals surface area contributed by atoms with Crippen LogP contribution in [0.15, 0.2) is 48.0 Å². The first-order valence-corrected chi connectivity index (χ1v) is 7.58. The number of nitrogens with one attached hydrogen (secondary N) is 3. The molecule has 0 aromatic heterocycles. The molecule has 0 unspecified atom stereocenters. The van der Waals surface area contributed by atoms with Gasteiger partial charge in [-0.1, -0.05) is 50.3 Å². The number of hydrogen-bond acceptors (Lipinski definition) is 2. The molecule has 0 radical (unpaired) electrons. The van der Waals surface area contributed by atoms with Crippen LogP contribution in [0, 0.1) is 5.92 Å². The summed E-state index contributed by atoms with van der Waals surface area (Å²) in [4.78, 5) is 16.0. The summed E-state index contributed by atoms with van der Waals surface area (Å²) in [5.74, 6) is 0.774. The van der Waals surface area contributed by atoms with E-state index in [0.717, 1.165) is 5.56 Å². The van der Waals surface area contributed by atoms with Crippen molar-refractivity contribution in [2.24, 2.45) is 10.9 Å². The van der Waals surface area contributed by atoms with E-state index in [2.05, 4.69) is 27.5 Å². The normalized spacial score (nSPS) is 11.1. The minimum absolute atomic E-state index is 0.00473. The molecule has 5 heteroatoms. The van der Waals surface area contributed by atoms with E-state index in [1.807, 2.05) is 44.2 Å². The summed E-state index contributed by atoms with van der Waals surface area (Å²) in [7, 11) is 0. The van der Waals surface area contributed by atoms with E-state index in [0.29, 0.717) is 32.1 Å². The highest BCUT2D eigenvalue weighted by atomic mass is 16.1. The van der Waals surface area contributed by atoms with E-state index in [1.54, 1.807) is 6.08 Å². The molecule has 1 rings (SSSR count). The van der Waals surface area contributed by atoms with E-state index in [9.17, 15) is 4.79 Å². The Morgan fingerprint density at radius 2 is 1.86 bits per heavy atom. The maximum Gasteiger partial charge on any atom is 0.222 e. The molecule has 0 saturated heterocycles. The number of rotatable bonds is 8. The Balaban J connectivity index is 2.43. The van der Waals surface area contributed by atoms with Gasteiger partial charge in [-0.3, -0.25) is 4.79 Å². The summed E-state index contributed by atoms with van der Waals surface area (Å²) in [6.07, 6.45) is 1.78. The fraction of sp³-hybridized carbons (Fsp3) is 0.412. The summed E-state index contributed by atoms with van der Waals surface area (Å²) in [6.45, 7) is 9.87. The molecule has 0 aliphatic heterocycles. The molecular formula is C17H26N4O. The van der Waals surface area contributed by atoms with Crippen molar-refractivity contribution in [3.05, 3.63) is 48.6 Å². The third kappa shape index (κ3) is 7.47. The molecule has 5 nitrogen and oxygen atoms in total. The van der Waals surface area contributed by atoms with Crippen LogP contribution in [0.4, 0.5) is 0 Å². The Labute approximate surface area is 132 Å². The molecule has 3 N–H and O–H groups in total. The Hall–Kier alpha value is -2.30. The Morgan fingerprint density at radius 1 is 1.18 bits per heavy atom. The molecule has 0 aliphatic carbocycles. The third-order valence-electron chi connectivity index (χ3n) is 2.92. The lowest BCUT2D eigenvalue weighted by Gasteiger charge is -2.12.